The first-order valence-electron chi connectivity index (χ1n) is 8.27. The molecule has 0 spiro atoms. The van der Waals surface area contributed by atoms with Crippen molar-refractivity contribution in [2.24, 2.45) is 0 Å². The maximum Gasteiger partial charge on any atom is 0.262 e. The van der Waals surface area contributed by atoms with Crippen LogP contribution in [0.25, 0.3) is 10.9 Å². The van der Waals surface area contributed by atoms with E-state index in [0.29, 0.717) is 45.1 Å². The minimum Gasteiger partial charge on any atom is -0.338 e. The van der Waals surface area contributed by atoms with Crippen LogP contribution in [0, 0.1) is 6.92 Å². The Kier molecular flexibility index (Phi) is 4.96. The topological polar surface area (TPSA) is 73.8 Å². The second-order valence-corrected chi connectivity index (χ2v) is 7.27. The van der Waals surface area contributed by atoms with Crippen LogP contribution in [0.3, 0.4) is 0 Å². The van der Waals surface area contributed by atoms with Crippen LogP contribution >= 0.6 is 23.4 Å². The second-order valence-electron chi connectivity index (χ2n) is 5.92. The van der Waals surface area contributed by atoms with Gasteiger partial charge in [0.05, 0.1) is 23.2 Å². The Morgan fingerprint density at radius 3 is 2.67 bits per heavy atom. The summed E-state index contributed by atoms with van der Waals surface area (Å²) in [5.74, 6) is 1.49. The lowest BCUT2D eigenvalue weighted by Gasteiger charge is -2.13. The molecule has 136 valence electrons. The maximum absolute atomic E-state index is 13.1. The van der Waals surface area contributed by atoms with Crippen LogP contribution in [-0.4, -0.2) is 19.7 Å². The molecule has 0 aliphatic heterocycles. The van der Waals surface area contributed by atoms with Gasteiger partial charge in [0.25, 0.3) is 5.56 Å². The maximum atomic E-state index is 13.1. The Hall–Kier alpha value is -2.64. The summed E-state index contributed by atoms with van der Waals surface area (Å²) in [6, 6.07) is 14.8. The van der Waals surface area contributed by atoms with Gasteiger partial charge in [-0.05, 0) is 30.7 Å². The van der Waals surface area contributed by atoms with Crippen molar-refractivity contribution in [1.82, 2.24) is 19.7 Å². The summed E-state index contributed by atoms with van der Waals surface area (Å²) in [6.45, 7) is 2.10. The highest BCUT2D eigenvalue weighted by Crippen LogP contribution is 2.24. The van der Waals surface area contributed by atoms with Crippen molar-refractivity contribution in [2.75, 3.05) is 0 Å². The number of benzene rings is 2. The summed E-state index contributed by atoms with van der Waals surface area (Å²) in [5.41, 5.74) is 1.40. The molecule has 0 saturated heterocycles. The first kappa shape index (κ1) is 17.8. The van der Waals surface area contributed by atoms with Gasteiger partial charge in [-0.15, -0.1) is 0 Å². The average Bonchev–Trinajstić information content (AvgIpc) is 3.09. The zero-order valence-corrected chi connectivity index (χ0v) is 16.0. The lowest BCUT2D eigenvalue weighted by Crippen LogP contribution is -2.24. The molecule has 0 atom stereocenters. The highest BCUT2D eigenvalue weighted by atomic mass is 35.5. The third-order valence-corrected chi connectivity index (χ3v) is 5.34. The van der Waals surface area contributed by atoms with Gasteiger partial charge >= 0.3 is 0 Å². The number of hydrogen-bond donors (Lipinski definition) is 0. The van der Waals surface area contributed by atoms with E-state index in [1.165, 1.54) is 11.8 Å². The first-order chi connectivity index (χ1) is 13.1. The summed E-state index contributed by atoms with van der Waals surface area (Å²) >= 11 is 7.68. The minimum absolute atomic E-state index is 0.107. The normalized spacial score (nSPS) is 11.2. The molecule has 0 bridgehead atoms. The van der Waals surface area contributed by atoms with Gasteiger partial charge in [0.2, 0.25) is 5.89 Å². The van der Waals surface area contributed by atoms with Crippen molar-refractivity contribution in [2.45, 2.75) is 24.4 Å². The van der Waals surface area contributed by atoms with Gasteiger partial charge in [-0.2, -0.15) is 4.98 Å². The Labute approximate surface area is 164 Å². The molecule has 4 rings (SSSR count). The summed E-state index contributed by atoms with van der Waals surface area (Å²) in [6.07, 6.45) is 0. The molecule has 27 heavy (non-hydrogen) atoms. The minimum atomic E-state index is -0.107. The van der Waals surface area contributed by atoms with Crippen molar-refractivity contribution in [3.05, 3.63) is 81.2 Å². The van der Waals surface area contributed by atoms with Gasteiger partial charge in [0, 0.05) is 5.02 Å². The fourth-order valence-corrected chi connectivity index (χ4v) is 3.75. The molecule has 2 aromatic heterocycles. The molecule has 0 unspecified atom stereocenters. The highest BCUT2D eigenvalue weighted by Gasteiger charge is 2.14. The fraction of sp³-hybridized carbons (Fsp3) is 0.158. The molecule has 2 aromatic carbocycles. The van der Waals surface area contributed by atoms with Crippen LogP contribution in [0.1, 0.15) is 17.3 Å². The summed E-state index contributed by atoms with van der Waals surface area (Å²) in [4.78, 5) is 22.0. The predicted octanol–water partition coefficient (Wildman–Crippen LogP) is 4.08. The van der Waals surface area contributed by atoms with Crippen LogP contribution in [0.5, 0.6) is 0 Å². The lowest BCUT2D eigenvalue weighted by molar-refractivity contribution is 0.387. The van der Waals surface area contributed by atoms with Crippen molar-refractivity contribution in [1.29, 1.82) is 0 Å². The molecule has 0 aliphatic carbocycles. The van der Waals surface area contributed by atoms with Gasteiger partial charge in [0.15, 0.2) is 11.0 Å². The zero-order valence-electron chi connectivity index (χ0n) is 14.4. The number of para-hydroxylation sites is 1. The number of fused-ring (bicyclic) bond motifs is 1. The van der Waals surface area contributed by atoms with Crippen LogP contribution in [0.4, 0.5) is 0 Å². The van der Waals surface area contributed by atoms with Crippen LogP contribution < -0.4 is 5.56 Å². The quantitative estimate of drug-likeness (QED) is 0.372. The summed E-state index contributed by atoms with van der Waals surface area (Å²) in [7, 11) is 0. The third-order valence-electron chi connectivity index (χ3n) is 4.01. The van der Waals surface area contributed by atoms with Gasteiger partial charge in [-0.1, -0.05) is 58.9 Å². The number of nitrogens with zero attached hydrogens (tertiary/aromatic N) is 4. The largest absolute Gasteiger partial charge is 0.338 e. The van der Waals surface area contributed by atoms with Crippen molar-refractivity contribution in [3.8, 4) is 0 Å². The van der Waals surface area contributed by atoms with E-state index >= 15 is 0 Å². The van der Waals surface area contributed by atoms with Gasteiger partial charge in [0.1, 0.15) is 0 Å². The summed E-state index contributed by atoms with van der Waals surface area (Å²) in [5, 5.41) is 5.55. The molecule has 6 nitrogen and oxygen atoms in total. The van der Waals surface area contributed by atoms with Gasteiger partial charge < -0.3 is 4.52 Å². The summed E-state index contributed by atoms with van der Waals surface area (Å²) < 4.78 is 6.80. The van der Waals surface area contributed by atoms with E-state index in [4.69, 9.17) is 16.1 Å². The second kappa shape index (κ2) is 7.54. The number of aromatic nitrogens is 4. The van der Waals surface area contributed by atoms with Crippen LogP contribution in [-0.2, 0) is 12.3 Å². The van der Waals surface area contributed by atoms with Gasteiger partial charge in [-0.3, -0.25) is 9.36 Å². The number of rotatable bonds is 5. The zero-order chi connectivity index (χ0) is 18.8. The molecule has 0 aliphatic rings. The Morgan fingerprint density at radius 2 is 1.89 bits per heavy atom. The Morgan fingerprint density at radius 1 is 1.11 bits per heavy atom. The smallest absolute Gasteiger partial charge is 0.262 e. The Balaban J connectivity index is 1.77. The number of hydrogen-bond acceptors (Lipinski definition) is 6. The molecular formula is C19H15ClN4O2S. The molecular weight excluding hydrogens is 384 g/mol. The van der Waals surface area contributed by atoms with E-state index in [1.54, 1.807) is 17.6 Å². The molecule has 0 saturated carbocycles. The van der Waals surface area contributed by atoms with Gasteiger partial charge in [-0.25, -0.2) is 4.98 Å². The molecule has 0 amide bonds. The number of thioether (sulfide) groups is 1. The van der Waals surface area contributed by atoms with Crippen LogP contribution in [0.2, 0.25) is 5.02 Å². The van der Waals surface area contributed by atoms with E-state index in [-0.39, 0.29) is 5.56 Å². The number of halogens is 1. The fourth-order valence-electron chi connectivity index (χ4n) is 2.72. The highest BCUT2D eigenvalue weighted by molar-refractivity contribution is 7.98. The van der Waals surface area contributed by atoms with E-state index in [2.05, 4.69) is 15.1 Å². The molecule has 8 heteroatoms. The first-order valence-corrected chi connectivity index (χ1v) is 9.63. The van der Waals surface area contributed by atoms with E-state index in [0.717, 1.165) is 5.56 Å². The standard InChI is InChI=1S/C19H15ClN4O2S/c1-12-21-17(26-23-12)11-27-19-22-16-9-5-3-7-14(16)18(25)24(19)10-13-6-2-4-8-15(13)20/h2-9H,10-11H2,1H3. The lowest BCUT2D eigenvalue weighted by atomic mass is 10.2. The van der Waals surface area contributed by atoms with E-state index in [1.807, 2.05) is 42.5 Å². The third kappa shape index (κ3) is 3.74. The predicted molar refractivity (Wildman–Crippen MR) is 105 cm³/mol. The van der Waals surface area contributed by atoms with E-state index in [9.17, 15) is 4.79 Å². The molecule has 0 radical (unpaired) electrons. The number of aryl methyl sites for hydroxylation is 1. The molecule has 2 heterocycles. The monoisotopic (exact) mass is 398 g/mol. The van der Waals surface area contributed by atoms with E-state index < -0.39 is 0 Å². The van der Waals surface area contributed by atoms with Crippen LogP contribution in [0.15, 0.2) is 63.0 Å². The SMILES string of the molecule is Cc1noc(CSc2nc3ccccc3c(=O)n2Cc2ccccc2Cl)n1. The van der Waals surface area contributed by atoms with Crippen molar-refractivity contribution >= 4 is 34.3 Å². The molecule has 0 fully saturated rings. The van der Waals surface area contributed by atoms with Crippen molar-refractivity contribution in [3.63, 3.8) is 0 Å². The average molecular weight is 399 g/mol. The molecule has 4 aromatic rings. The van der Waals surface area contributed by atoms with Crippen molar-refractivity contribution < 1.29 is 4.52 Å². The Bertz CT molecular complexity index is 1170. The molecule has 0 N–H and O–H groups in total.